The van der Waals surface area contributed by atoms with Crippen molar-refractivity contribution in [2.45, 2.75) is 13.0 Å². The maximum atomic E-state index is 4.97. The van der Waals surface area contributed by atoms with Gasteiger partial charge in [0, 0.05) is 23.2 Å². The van der Waals surface area contributed by atoms with Gasteiger partial charge in [0.05, 0.1) is 7.11 Å². The molecule has 90 valence electrons. The average Bonchev–Trinajstić information content (AvgIpc) is 2.87. The van der Waals surface area contributed by atoms with Gasteiger partial charge < -0.3 is 10.1 Å². The summed E-state index contributed by atoms with van der Waals surface area (Å²) < 4.78 is 4.97. The maximum absolute atomic E-state index is 4.97. The Morgan fingerprint density at radius 1 is 1.35 bits per heavy atom. The second-order valence-corrected chi connectivity index (χ2v) is 4.60. The Kier molecular flexibility index (Phi) is 3.65. The molecule has 0 aliphatic rings. The highest BCUT2D eigenvalue weighted by atomic mass is 32.1. The van der Waals surface area contributed by atoms with E-state index in [1.165, 1.54) is 4.88 Å². The van der Waals surface area contributed by atoms with Gasteiger partial charge in [0.2, 0.25) is 5.88 Å². The number of ether oxygens (including phenoxy) is 1. The largest absolute Gasteiger partial charge is 0.480 e. The molecule has 0 spiro atoms. The molecule has 1 unspecified atom stereocenters. The van der Waals surface area contributed by atoms with Crippen LogP contribution in [0.5, 0.6) is 5.88 Å². The molecule has 2 aromatic heterocycles. The van der Waals surface area contributed by atoms with Crippen molar-refractivity contribution < 1.29 is 4.74 Å². The van der Waals surface area contributed by atoms with E-state index in [1.54, 1.807) is 24.5 Å². The van der Waals surface area contributed by atoms with Gasteiger partial charge >= 0.3 is 0 Å². The lowest BCUT2D eigenvalue weighted by Gasteiger charge is -2.04. The van der Waals surface area contributed by atoms with Gasteiger partial charge in [0.1, 0.15) is 10.7 Å². The van der Waals surface area contributed by atoms with E-state index in [1.807, 2.05) is 19.3 Å². The summed E-state index contributed by atoms with van der Waals surface area (Å²) in [6.07, 6.45) is 1.87. The number of rotatable bonds is 4. The van der Waals surface area contributed by atoms with Gasteiger partial charge in [0.15, 0.2) is 0 Å². The van der Waals surface area contributed by atoms with Crippen molar-refractivity contribution in [2.75, 3.05) is 14.2 Å². The monoisotopic (exact) mass is 250 g/mol. The van der Waals surface area contributed by atoms with Gasteiger partial charge in [-0.1, -0.05) is 0 Å². The van der Waals surface area contributed by atoms with Gasteiger partial charge in [0.25, 0.3) is 0 Å². The number of thiazole rings is 1. The molecule has 2 aromatic rings. The zero-order valence-corrected chi connectivity index (χ0v) is 10.8. The maximum Gasteiger partial charge on any atom is 0.233 e. The van der Waals surface area contributed by atoms with Crippen LogP contribution in [0.3, 0.4) is 0 Å². The predicted octanol–water partition coefficient (Wildman–Crippen LogP) is 1.89. The predicted molar refractivity (Wildman–Crippen MR) is 67.2 cm³/mol. The molecule has 6 heteroatoms. The van der Waals surface area contributed by atoms with Crippen LogP contribution in [0.15, 0.2) is 18.3 Å². The van der Waals surface area contributed by atoms with Crippen LogP contribution in [-0.2, 0) is 0 Å². The van der Waals surface area contributed by atoms with E-state index < -0.39 is 0 Å². The smallest absolute Gasteiger partial charge is 0.233 e. The molecule has 0 fully saturated rings. The van der Waals surface area contributed by atoms with Crippen molar-refractivity contribution in [1.29, 1.82) is 0 Å². The topological polar surface area (TPSA) is 59.9 Å². The van der Waals surface area contributed by atoms with Gasteiger partial charge in [-0.3, -0.25) is 0 Å². The van der Waals surface area contributed by atoms with E-state index >= 15 is 0 Å². The van der Waals surface area contributed by atoms with Gasteiger partial charge in [-0.15, -0.1) is 21.5 Å². The van der Waals surface area contributed by atoms with Crippen molar-refractivity contribution in [1.82, 2.24) is 20.5 Å². The first kappa shape index (κ1) is 11.9. The minimum Gasteiger partial charge on any atom is -0.480 e. The highest BCUT2D eigenvalue weighted by molar-refractivity contribution is 7.15. The Morgan fingerprint density at radius 3 is 2.76 bits per heavy atom. The van der Waals surface area contributed by atoms with Crippen LogP contribution in [0.25, 0.3) is 10.7 Å². The third-order valence-electron chi connectivity index (χ3n) is 2.45. The van der Waals surface area contributed by atoms with Crippen LogP contribution in [-0.4, -0.2) is 29.3 Å². The summed E-state index contributed by atoms with van der Waals surface area (Å²) in [4.78, 5) is 5.53. The van der Waals surface area contributed by atoms with Crippen LogP contribution in [0.4, 0.5) is 0 Å². The molecule has 0 radical (unpaired) electrons. The number of nitrogens with one attached hydrogen (secondary N) is 1. The minimum absolute atomic E-state index is 0.299. The summed E-state index contributed by atoms with van der Waals surface area (Å²) in [7, 11) is 3.50. The third-order valence-corrected chi connectivity index (χ3v) is 3.65. The molecular weight excluding hydrogens is 236 g/mol. The molecule has 2 heterocycles. The lowest BCUT2D eigenvalue weighted by molar-refractivity contribution is 0.392. The number of hydrogen-bond acceptors (Lipinski definition) is 6. The van der Waals surface area contributed by atoms with Crippen molar-refractivity contribution in [3.63, 3.8) is 0 Å². The second kappa shape index (κ2) is 5.20. The first-order valence-corrected chi connectivity index (χ1v) is 6.07. The summed E-state index contributed by atoms with van der Waals surface area (Å²) in [6, 6.07) is 3.94. The quantitative estimate of drug-likeness (QED) is 0.898. The molecule has 1 atom stereocenters. The first-order valence-electron chi connectivity index (χ1n) is 5.25. The standard InChI is InChI=1S/C11H14N4OS/c1-7(12-2)9-6-13-11(17-9)8-4-5-10(16-3)15-14-8/h4-7,12H,1-3H3. The lowest BCUT2D eigenvalue weighted by atomic mass is 10.3. The van der Waals surface area contributed by atoms with Gasteiger partial charge in [-0.2, -0.15) is 0 Å². The SMILES string of the molecule is CNC(C)c1cnc(-c2ccc(OC)nn2)s1. The highest BCUT2D eigenvalue weighted by Gasteiger charge is 2.10. The Hall–Kier alpha value is -1.53. The summed E-state index contributed by atoms with van der Waals surface area (Å²) in [5.74, 6) is 0.508. The van der Waals surface area contributed by atoms with E-state index in [-0.39, 0.29) is 0 Å². The third kappa shape index (κ3) is 2.59. The molecule has 0 amide bonds. The fraction of sp³-hybridized carbons (Fsp3) is 0.364. The molecular formula is C11H14N4OS. The number of methoxy groups -OCH3 is 1. The number of aromatic nitrogens is 3. The average molecular weight is 250 g/mol. The van der Waals surface area contributed by atoms with E-state index in [2.05, 4.69) is 27.4 Å². The van der Waals surface area contributed by atoms with Crippen LogP contribution < -0.4 is 10.1 Å². The Labute approximate surface area is 104 Å². The highest BCUT2D eigenvalue weighted by Crippen LogP contribution is 2.27. The number of hydrogen-bond donors (Lipinski definition) is 1. The van der Waals surface area contributed by atoms with Crippen LogP contribution in [0, 0.1) is 0 Å². The van der Waals surface area contributed by atoms with E-state index in [4.69, 9.17) is 4.74 Å². The van der Waals surface area contributed by atoms with E-state index in [0.29, 0.717) is 11.9 Å². The fourth-order valence-electron chi connectivity index (χ4n) is 1.29. The van der Waals surface area contributed by atoms with E-state index in [0.717, 1.165) is 10.7 Å². The summed E-state index contributed by atoms with van der Waals surface area (Å²) in [5.41, 5.74) is 0.769. The molecule has 0 bridgehead atoms. The first-order chi connectivity index (χ1) is 8.24. The van der Waals surface area contributed by atoms with Crippen molar-refractivity contribution in [3.8, 4) is 16.6 Å². The summed E-state index contributed by atoms with van der Waals surface area (Å²) in [6.45, 7) is 2.09. The molecule has 1 N–H and O–H groups in total. The molecule has 0 saturated carbocycles. The van der Waals surface area contributed by atoms with Gasteiger partial charge in [-0.05, 0) is 20.0 Å². The molecule has 17 heavy (non-hydrogen) atoms. The molecule has 0 saturated heterocycles. The fourth-order valence-corrected chi connectivity index (χ4v) is 2.23. The van der Waals surface area contributed by atoms with Crippen molar-refractivity contribution in [3.05, 3.63) is 23.2 Å². The molecule has 2 rings (SSSR count). The zero-order valence-electron chi connectivity index (χ0n) is 9.97. The van der Waals surface area contributed by atoms with E-state index in [9.17, 15) is 0 Å². The second-order valence-electron chi connectivity index (χ2n) is 3.54. The lowest BCUT2D eigenvalue weighted by Crippen LogP contribution is -2.10. The Balaban J connectivity index is 2.24. The van der Waals surface area contributed by atoms with Crippen LogP contribution >= 0.6 is 11.3 Å². The normalized spacial score (nSPS) is 12.4. The van der Waals surface area contributed by atoms with Gasteiger partial charge in [-0.25, -0.2) is 4.98 Å². The molecule has 0 aliphatic heterocycles. The molecule has 5 nitrogen and oxygen atoms in total. The number of nitrogens with zero attached hydrogens (tertiary/aromatic N) is 3. The van der Waals surface area contributed by atoms with Crippen LogP contribution in [0.1, 0.15) is 17.8 Å². The Bertz CT molecular complexity index is 482. The van der Waals surface area contributed by atoms with Crippen molar-refractivity contribution in [2.24, 2.45) is 0 Å². The Morgan fingerprint density at radius 2 is 2.18 bits per heavy atom. The minimum atomic E-state index is 0.299. The zero-order chi connectivity index (χ0) is 12.3. The summed E-state index contributed by atoms with van der Waals surface area (Å²) in [5, 5.41) is 12.0. The van der Waals surface area contributed by atoms with Crippen LogP contribution in [0.2, 0.25) is 0 Å². The van der Waals surface area contributed by atoms with Crippen molar-refractivity contribution >= 4 is 11.3 Å². The molecule has 0 aromatic carbocycles. The molecule has 0 aliphatic carbocycles. The summed E-state index contributed by atoms with van der Waals surface area (Å²) >= 11 is 1.62.